The predicted molar refractivity (Wildman–Crippen MR) is 98.7 cm³/mol. The second-order valence-corrected chi connectivity index (χ2v) is 5.38. The molecule has 0 bridgehead atoms. The molecule has 3 rings (SSSR count). The molecular weight excluding hydrogens is 334 g/mol. The van der Waals surface area contributed by atoms with Crippen molar-refractivity contribution in [1.29, 1.82) is 0 Å². The minimum absolute atomic E-state index is 0.102. The Kier molecular flexibility index (Phi) is 5.23. The first-order valence-electron chi connectivity index (χ1n) is 7.85. The van der Waals surface area contributed by atoms with Crippen LogP contribution in [0.25, 0.3) is 0 Å². The highest BCUT2D eigenvalue weighted by Crippen LogP contribution is 2.28. The molecule has 0 saturated carbocycles. The zero-order valence-electron chi connectivity index (χ0n) is 14.0. The fraction of sp³-hybridized carbons (Fsp3) is 0.111. The van der Waals surface area contributed by atoms with Gasteiger partial charge in [-0.05, 0) is 48.0 Å². The maximum absolute atomic E-state index is 11.3. The fourth-order valence-electron chi connectivity index (χ4n) is 2.29. The second-order valence-electron chi connectivity index (χ2n) is 5.38. The molecule has 0 aliphatic carbocycles. The van der Waals surface area contributed by atoms with Crippen LogP contribution in [0.1, 0.15) is 5.56 Å². The smallest absolute Gasteiger partial charge is 0.311 e. The molecule has 0 aliphatic rings. The van der Waals surface area contributed by atoms with Gasteiger partial charge < -0.3 is 15.4 Å². The zero-order chi connectivity index (χ0) is 18.4. The van der Waals surface area contributed by atoms with Gasteiger partial charge in [-0.15, -0.1) is 0 Å². The topological polar surface area (TPSA) is 102 Å². The number of hydrogen-bond donors (Lipinski definition) is 2. The van der Waals surface area contributed by atoms with Crippen LogP contribution in [0, 0.1) is 10.1 Å². The highest BCUT2D eigenvalue weighted by atomic mass is 16.6. The van der Waals surface area contributed by atoms with E-state index in [0.29, 0.717) is 23.8 Å². The number of aromatic nitrogens is 2. The molecule has 8 heteroatoms. The van der Waals surface area contributed by atoms with E-state index in [4.69, 9.17) is 4.74 Å². The first-order valence-corrected chi connectivity index (χ1v) is 7.85. The SMILES string of the molecule is COc1ccc(Nc2nc(NCc3ccncc3)ccc2[N+](=O)[O-])cc1. The molecule has 0 spiro atoms. The number of nitrogens with zero attached hydrogens (tertiary/aromatic N) is 3. The van der Waals surface area contributed by atoms with Crippen molar-refractivity contribution < 1.29 is 9.66 Å². The van der Waals surface area contributed by atoms with Gasteiger partial charge in [0.15, 0.2) is 0 Å². The van der Waals surface area contributed by atoms with Gasteiger partial charge in [0.1, 0.15) is 11.6 Å². The summed E-state index contributed by atoms with van der Waals surface area (Å²) in [6, 6.07) is 13.8. The highest BCUT2D eigenvalue weighted by molar-refractivity contribution is 5.68. The normalized spacial score (nSPS) is 10.2. The van der Waals surface area contributed by atoms with Gasteiger partial charge in [-0.2, -0.15) is 0 Å². The molecule has 8 nitrogen and oxygen atoms in total. The molecule has 2 heterocycles. The number of hydrogen-bond acceptors (Lipinski definition) is 7. The second kappa shape index (κ2) is 7.93. The number of methoxy groups -OCH3 is 1. The molecule has 0 fully saturated rings. The highest BCUT2D eigenvalue weighted by Gasteiger charge is 2.16. The summed E-state index contributed by atoms with van der Waals surface area (Å²) in [6.45, 7) is 0.537. The van der Waals surface area contributed by atoms with Gasteiger partial charge in [0.05, 0.1) is 12.0 Å². The molecule has 0 unspecified atom stereocenters. The lowest BCUT2D eigenvalue weighted by atomic mass is 10.2. The molecule has 0 saturated heterocycles. The van der Waals surface area contributed by atoms with Crippen molar-refractivity contribution in [2.75, 3.05) is 17.7 Å². The summed E-state index contributed by atoms with van der Waals surface area (Å²) < 4.78 is 5.11. The van der Waals surface area contributed by atoms with E-state index in [1.54, 1.807) is 49.8 Å². The number of nitrogens with one attached hydrogen (secondary N) is 2. The van der Waals surface area contributed by atoms with Gasteiger partial charge in [0.25, 0.3) is 0 Å². The Balaban J connectivity index is 1.80. The van der Waals surface area contributed by atoms with Crippen LogP contribution < -0.4 is 15.4 Å². The van der Waals surface area contributed by atoms with Crippen molar-refractivity contribution in [3.8, 4) is 5.75 Å². The third-order valence-electron chi connectivity index (χ3n) is 3.65. The summed E-state index contributed by atoms with van der Waals surface area (Å²) in [5.41, 5.74) is 1.60. The van der Waals surface area contributed by atoms with Crippen LogP contribution in [0.15, 0.2) is 60.9 Å². The Morgan fingerprint density at radius 1 is 1.08 bits per heavy atom. The molecule has 0 aliphatic heterocycles. The number of anilines is 3. The summed E-state index contributed by atoms with van der Waals surface area (Å²) in [5.74, 6) is 1.40. The molecule has 0 atom stereocenters. The minimum Gasteiger partial charge on any atom is -0.497 e. The molecule has 0 radical (unpaired) electrons. The van der Waals surface area contributed by atoms with Crippen molar-refractivity contribution in [1.82, 2.24) is 9.97 Å². The number of ether oxygens (including phenoxy) is 1. The lowest BCUT2D eigenvalue weighted by molar-refractivity contribution is -0.384. The lowest BCUT2D eigenvalue weighted by Gasteiger charge is -2.10. The van der Waals surface area contributed by atoms with Gasteiger partial charge in [-0.1, -0.05) is 0 Å². The van der Waals surface area contributed by atoms with Crippen molar-refractivity contribution in [2.24, 2.45) is 0 Å². The largest absolute Gasteiger partial charge is 0.497 e. The third-order valence-corrected chi connectivity index (χ3v) is 3.65. The molecule has 132 valence electrons. The Labute approximate surface area is 150 Å². The van der Waals surface area contributed by atoms with Crippen LogP contribution in [0.2, 0.25) is 0 Å². The standard InChI is InChI=1S/C18H17N5O3/c1-26-15-4-2-14(3-5-15)21-18-16(23(24)25)6-7-17(22-18)20-12-13-8-10-19-11-9-13/h2-11H,12H2,1H3,(H2,20,21,22). The molecular formula is C18H17N5O3. The number of rotatable bonds is 7. The van der Waals surface area contributed by atoms with Crippen LogP contribution in [-0.2, 0) is 6.54 Å². The average molecular weight is 351 g/mol. The number of nitro groups is 1. The summed E-state index contributed by atoms with van der Waals surface area (Å²) in [6.07, 6.45) is 3.41. The summed E-state index contributed by atoms with van der Waals surface area (Å²) >= 11 is 0. The average Bonchev–Trinajstić information content (AvgIpc) is 2.68. The number of pyridine rings is 2. The van der Waals surface area contributed by atoms with E-state index >= 15 is 0 Å². The van der Waals surface area contributed by atoms with Crippen molar-refractivity contribution in [2.45, 2.75) is 6.54 Å². The van der Waals surface area contributed by atoms with E-state index in [2.05, 4.69) is 20.6 Å². The van der Waals surface area contributed by atoms with Crippen molar-refractivity contribution in [3.63, 3.8) is 0 Å². The quantitative estimate of drug-likeness (QED) is 0.493. The minimum atomic E-state index is -0.467. The summed E-state index contributed by atoms with van der Waals surface area (Å²) in [7, 11) is 1.58. The van der Waals surface area contributed by atoms with Crippen LogP contribution in [0.3, 0.4) is 0 Å². The van der Waals surface area contributed by atoms with E-state index in [9.17, 15) is 10.1 Å². The van der Waals surface area contributed by atoms with Gasteiger partial charge >= 0.3 is 5.69 Å². The first-order chi connectivity index (χ1) is 12.7. The summed E-state index contributed by atoms with van der Waals surface area (Å²) in [4.78, 5) is 19.1. The van der Waals surface area contributed by atoms with Gasteiger partial charge in [0, 0.05) is 30.7 Å². The van der Waals surface area contributed by atoms with Gasteiger partial charge in [-0.25, -0.2) is 4.98 Å². The Morgan fingerprint density at radius 3 is 2.46 bits per heavy atom. The Hall–Kier alpha value is -3.68. The maximum Gasteiger partial charge on any atom is 0.311 e. The third kappa shape index (κ3) is 4.23. The lowest BCUT2D eigenvalue weighted by Crippen LogP contribution is -2.05. The van der Waals surface area contributed by atoms with Crippen LogP contribution >= 0.6 is 0 Å². The van der Waals surface area contributed by atoms with E-state index in [1.165, 1.54) is 6.07 Å². The summed E-state index contributed by atoms with van der Waals surface area (Å²) in [5, 5.41) is 17.4. The molecule has 2 N–H and O–H groups in total. The molecule has 26 heavy (non-hydrogen) atoms. The zero-order valence-corrected chi connectivity index (χ0v) is 14.0. The van der Waals surface area contributed by atoms with Crippen molar-refractivity contribution >= 4 is 23.0 Å². The van der Waals surface area contributed by atoms with E-state index < -0.39 is 4.92 Å². The van der Waals surface area contributed by atoms with E-state index in [0.717, 1.165) is 5.56 Å². The van der Waals surface area contributed by atoms with Crippen LogP contribution in [0.4, 0.5) is 23.0 Å². The van der Waals surface area contributed by atoms with Gasteiger partial charge in [-0.3, -0.25) is 15.1 Å². The van der Waals surface area contributed by atoms with E-state index in [-0.39, 0.29) is 11.5 Å². The van der Waals surface area contributed by atoms with E-state index in [1.807, 2.05) is 12.1 Å². The Morgan fingerprint density at radius 2 is 1.81 bits per heavy atom. The van der Waals surface area contributed by atoms with Crippen LogP contribution in [-0.4, -0.2) is 22.0 Å². The van der Waals surface area contributed by atoms with Crippen molar-refractivity contribution in [3.05, 3.63) is 76.6 Å². The van der Waals surface area contributed by atoms with Crippen LogP contribution in [0.5, 0.6) is 5.75 Å². The maximum atomic E-state index is 11.3. The molecule has 1 aromatic carbocycles. The monoisotopic (exact) mass is 351 g/mol. The first kappa shape index (κ1) is 17.2. The molecule has 2 aromatic heterocycles. The Bertz CT molecular complexity index is 885. The molecule has 3 aromatic rings. The molecule has 0 amide bonds. The number of benzene rings is 1. The van der Waals surface area contributed by atoms with Gasteiger partial charge in [0.2, 0.25) is 5.82 Å². The predicted octanol–water partition coefficient (Wildman–Crippen LogP) is 3.75. The fourth-order valence-corrected chi connectivity index (χ4v) is 2.29.